The van der Waals surface area contributed by atoms with Crippen molar-refractivity contribution in [2.24, 2.45) is 5.92 Å². The first-order valence-corrected chi connectivity index (χ1v) is 7.46. The summed E-state index contributed by atoms with van der Waals surface area (Å²) in [4.78, 5) is 0. The molecule has 3 atom stereocenters. The van der Waals surface area contributed by atoms with Crippen molar-refractivity contribution in [2.45, 2.75) is 43.6 Å². The lowest BCUT2D eigenvalue weighted by molar-refractivity contribution is -0.208. The molecule has 3 fully saturated rings. The summed E-state index contributed by atoms with van der Waals surface area (Å²) >= 11 is 0. The van der Waals surface area contributed by atoms with Crippen molar-refractivity contribution >= 4 is 0 Å². The Morgan fingerprint density at radius 3 is 2.74 bits per heavy atom. The Hall–Kier alpha value is -0.200. The minimum absolute atomic E-state index is 0.178. The molecule has 3 unspecified atom stereocenters. The second-order valence-corrected chi connectivity index (χ2v) is 5.85. The number of rotatable bonds is 4. The van der Waals surface area contributed by atoms with Gasteiger partial charge < -0.3 is 24.3 Å². The Labute approximate surface area is 114 Å². The van der Waals surface area contributed by atoms with E-state index in [0.29, 0.717) is 25.2 Å². The van der Waals surface area contributed by atoms with Crippen molar-refractivity contribution < 1.29 is 18.9 Å². The van der Waals surface area contributed by atoms with Gasteiger partial charge in [-0.25, -0.2) is 0 Å². The zero-order chi connectivity index (χ0) is 13.1. The van der Waals surface area contributed by atoms with Crippen molar-refractivity contribution in [1.29, 1.82) is 0 Å². The number of nitrogens with one attached hydrogen (secondary N) is 1. The van der Waals surface area contributed by atoms with Gasteiger partial charge in [0.05, 0.1) is 32.5 Å². The number of ether oxygens (including phenoxy) is 4. The minimum atomic E-state index is -0.371. The van der Waals surface area contributed by atoms with Crippen LogP contribution in [-0.4, -0.2) is 58.0 Å². The Bertz CT molecular complexity index is 287. The normalized spacial score (nSPS) is 38.1. The monoisotopic (exact) mass is 271 g/mol. The standard InChI is InChI=1S/C14H25NO4/c1-15-12-2-4-14(18-6-7-19-14)8-13(12)17-10-11-3-5-16-9-11/h11-13,15H,2-10H2,1H3. The molecule has 0 aromatic rings. The molecule has 2 aliphatic heterocycles. The molecule has 2 heterocycles. The largest absolute Gasteiger partial charge is 0.381 e. The second-order valence-electron chi connectivity index (χ2n) is 5.85. The van der Waals surface area contributed by atoms with Gasteiger partial charge in [0, 0.05) is 31.4 Å². The highest BCUT2D eigenvalue weighted by Crippen LogP contribution is 2.37. The van der Waals surface area contributed by atoms with E-state index >= 15 is 0 Å². The van der Waals surface area contributed by atoms with Gasteiger partial charge >= 0.3 is 0 Å². The molecule has 1 aliphatic carbocycles. The quantitative estimate of drug-likeness (QED) is 0.824. The summed E-state index contributed by atoms with van der Waals surface area (Å²) < 4.78 is 23.2. The molecule has 0 amide bonds. The van der Waals surface area contributed by atoms with Gasteiger partial charge in [0.25, 0.3) is 0 Å². The number of hydrogen-bond donors (Lipinski definition) is 1. The smallest absolute Gasteiger partial charge is 0.171 e. The van der Waals surface area contributed by atoms with E-state index in [1.807, 2.05) is 7.05 Å². The topological polar surface area (TPSA) is 49.0 Å². The van der Waals surface area contributed by atoms with E-state index in [4.69, 9.17) is 18.9 Å². The summed E-state index contributed by atoms with van der Waals surface area (Å²) in [6.45, 7) is 3.94. The van der Waals surface area contributed by atoms with Crippen LogP contribution in [0, 0.1) is 5.92 Å². The van der Waals surface area contributed by atoms with Crippen LogP contribution < -0.4 is 5.32 Å². The molecule has 0 aromatic heterocycles. The molecule has 2 saturated heterocycles. The maximum absolute atomic E-state index is 6.15. The third-order valence-corrected chi connectivity index (χ3v) is 4.55. The predicted molar refractivity (Wildman–Crippen MR) is 70.0 cm³/mol. The Morgan fingerprint density at radius 1 is 1.21 bits per heavy atom. The molecule has 5 heteroatoms. The van der Waals surface area contributed by atoms with E-state index in [1.165, 1.54) is 0 Å². The van der Waals surface area contributed by atoms with Crippen LogP contribution in [0.5, 0.6) is 0 Å². The fourth-order valence-electron chi connectivity index (χ4n) is 3.35. The van der Waals surface area contributed by atoms with Crippen LogP contribution in [-0.2, 0) is 18.9 Å². The van der Waals surface area contributed by atoms with Gasteiger partial charge in [0.2, 0.25) is 0 Å². The average Bonchev–Trinajstić information content (AvgIpc) is 3.09. The number of hydrogen-bond acceptors (Lipinski definition) is 5. The fraction of sp³-hybridized carbons (Fsp3) is 1.00. The highest BCUT2D eigenvalue weighted by Gasteiger charge is 2.45. The number of likely N-dealkylation sites (N-methyl/N-ethyl adjacent to an activating group) is 1. The van der Waals surface area contributed by atoms with E-state index < -0.39 is 0 Å². The molecular weight excluding hydrogens is 246 g/mol. The molecule has 0 radical (unpaired) electrons. The van der Waals surface area contributed by atoms with Crippen LogP contribution >= 0.6 is 0 Å². The Kier molecular flexibility index (Phi) is 4.39. The third-order valence-electron chi connectivity index (χ3n) is 4.55. The van der Waals surface area contributed by atoms with E-state index in [0.717, 1.165) is 45.5 Å². The van der Waals surface area contributed by atoms with Gasteiger partial charge in [0.15, 0.2) is 5.79 Å². The van der Waals surface area contributed by atoms with Crippen molar-refractivity contribution in [3.05, 3.63) is 0 Å². The molecule has 110 valence electrons. The summed E-state index contributed by atoms with van der Waals surface area (Å²) in [5.74, 6) is 0.185. The molecule has 1 N–H and O–H groups in total. The van der Waals surface area contributed by atoms with E-state index in [2.05, 4.69) is 5.32 Å². The third kappa shape index (κ3) is 3.11. The van der Waals surface area contributed by atoms with Gasteiger partial charge in [-0.3, -0.25) is 0 Å². The zero-order valence-electron chi connectivity index (χ0n) is 11.7. The first-order valence-electron chi connectivity index (χ1n) is 7.46. The Balaban J connectivity index is 1.55. The van der Waals surface area contributed by atoms with E-state index in [9.17, 15) is 0 Å². The minimum Gasteiger partial charge on any atom is -0.381 e. The zero-order valence-corrected chi connectivity index (χ0v) is 11.7. The summed E-state index contributed by atoms with van der Waals surface area (Å²) in [7, 11) is 2.01. The van der Waals surface area contributed by atoms with Crippen LogP contribution in [0.1, 0.15) is 25.7 Å². The van der Waals surface area contributed by atoms with Crippen molar-refractivity contribution in [3.63, 3.8) is 0 Å². The molecule has 0 bridgehead atoms. The van der Waals surface area contributed by atoms with Crippen LogP contribution in [0.3, 0.4) is 0 Å². The molecule has 1 saturated carbocycles. The van der Waals surface area contributed by atoms with Gasteiger partial charge in [-0.05, 0) is 19.9 Å². The molecule has 0 aromatic carbocycles. The van der Waals surface area contributed by atoms with Gasteiger partial charge in [-0.15, -0.1) is 0 Å². The lowest BCUT2D eigenvalue weighted by Gasteiger charge is -2.41. The lowest BCUT2D eigenvalue weighted by atomic mass is 9.87. The second kappa shape index (κ2) is 6.06. The lowest BCUT2D eigenvalue weighted by Crippen LogP contribution is -2.51. The maximum atomic E-state index is 6.15. The first kappa shape index (κ1) is 13.8. The fourth-order valence-corrected chi connectivity index (χ4v) is 3.35. The summed E-state index contributed by atoms with van der Waals surface area (Å²) in [5.41, 5.74) is 0. The van der Waals surface area contributed by atoms with Crippen LogP contribution in [0.25, 0.3) is 0 Å². The Morgan fingerprint density at radius 2 is 2.05 bits per heavy atom. The van der Waals surface area contributed by atoms with Crippen LogP contribution in [0.15, 0.2) is 0 Å². The predicted octanol–water partition coefficient (Wildman–Crippen LogP) is 0.923. The summed E-state index contributed by atoms with van der Waals surface area (Å²) in [6, 6.07) is 0.403. The highest BCUT2D eigenvalue weighted by atomic mass is 16.7. The molecule has 19 heavy (non-hydrogen) atoms. The van der Waals surface area contributed by atoms with Crippen molar-refractivity contribution in [3.8, 4) is 0 Å². The summed E-state index contributed by atoms with van der Waals surface area (Å²) in [6.07, 6.45) is 4.14. The SMILES string of the molecule is CNC1CCC2(CC1OCC1CCOC1)OCCO2. The van der Waals surface area contributed by atoms with Crippen molar-refractivity contribution in [1.82, 2.24) is 5.32 Å². The average molecular weight is 271 g/mol. The van der Waals surface area contributed by atoms with Crippen LogP contribution in [0.4, 0.5) is 0 Å². The summed E-state index contributed by atoms with van der Waals surface area (Å²) in [5, 5.41) is 3.37. The van der Waals surface area contributed by atoms with E-state index in [1.54, 1.807) is 0 Å². The molecule has 3 aliphatic rings. The van der Waals surface area contributed by atoms with Gasteiger partial charge in [-0.1, -0.05) is 0 Å². The van der Waals surface area contributed by atoms with Crippen molar-refractivity contribution in [2.75, 3.05) is 40.1 Å². The highest BCUT2D eigenvalue weighted by molar-refractivity contribution is 4.92. The maximum Gasteiger partial charge on any atom is 0.171 e. The first-order chi connectivity index (χ1) is 9.31. The molecule has 3 rings (SSSR count). The van der Waals surface area contributed by atoms with Crippen LogP contribution in [0.2, 0.25) is 0 Å². The molecule has 1 spiro atoms. The molecular formula is C14H25NO4. The van der Waals surface area contributed by atoms with Gasteiger partial charge in [0.1, 0.15) is 0 Å². The van der Waals surface area contributed by atoms with E-state index in [-0.39, 0.29) is 11.9 Å². The van der Waals surface area contributed by atoms with Gasteiger partial charge in [-0.2, -0.15) is 0 Å². The molecule has 5 nitrogen and oxygen atoms in total.